The standard InChI is InChI=1S/C16H24OSSi/c1-19(2,3)15-8-4-12(5-9-15)16(17)10-13-6-7-14(11-16)18-13/h4-5,8-9,13-14,17H,6-7,10-11H2,1-3H3. The van der Waals surface area contributed by atoms with Gasteiger partial charge in [0, 0.05) is 10.5 Å². The van der Waals surface area contributed by atoms with E-state index < -0.39 is 13.7 Å². The molecule has 1 nitrogen and oxygen atoms in total. The number of thioether (sulfide) groups is 1. The number of fused-ring (bicyclic) bond motifs is 2. The molecule has 0 aliphatic carbocycles. The second-order valence-corrected chi connectivity index (χ2v) is 13.9. The quantitative estimate of drug-likeness (QED) is 0.842. The lowest BCUT2D eigenvalue weighted by Gasteiger charge is -2.36. The van der Waals surface area contributed by atoms with Crippen molar-refractivity contribution in [3.8, 4) is 0 Å². The predicted molar refractivity (Wildman–Crippen MR) is 87.0 cm³/mol. The third-order valence-corrected chi connectivity index (χ3v) is 8.25. The van der Waals surface area contributed by atoms with Crippen LogP contribution in [0.3, 0.4) is 0 Å². The van der Waals surface area contributed by atoms with Crippen LogP contribution in [0.15, 0.2) is 24.3 Å². The molecule has 0 aromatic heterocycles. The summed E-state index contributed by atoms with van der Waals surface area (Å²) in [5.41, 5.74) is 0.585. The van der Waals surface area contributed by atoms with E-state index in [2.05, 4.69) is 55.7 Å². The molecular formula is C16H24OSSi. The highest BCUT2D eigenvalue weighted by atomic mass is 32.2. The maximum atomic E-state index is 11.0. The molecule has 0 spiro atoms. The van der Waals surface area contributed by atoms with Gasteiger partial charge in [0.05, 0.1) is 13.7 Å². The zero-order valence-electron chi connectivity index (χ0n) is 12.1. The Balaban J connectivity index is 1.86. The van der Waals surface area contributed by atoms with Crippen molar-refractivity contribution in [2.24, 2.45) is 0 Å². The summed E-state index contributed by atoms with van der Waals surface area (Å²) in [5, 5.41) is 13.9. The highest BCUT2D eigenvalue weighted by molar-refractivity contribution is 8.00. The van der Waals surface area contributed by atoms with Crippen molar-refractivity contribution in [2.45, 2.75) is 61.4 Å². The van der Waals surface area contributed by atoms with Gasteiger partial charge in [0.1, 0.15) is 0 Å². The van der Waals surface area contributed by atoms with Gasteiger partial charge < -0.3 is 5.11 Å². The molecule has 2 aliphatic rings. The summed E-state index contributed by atoms with van der Waals surface area (Å²) >= 11 is 2.10. The number of benzene rings is 1. The van der Waals surface area contributed by atoms with Crippen molar-refractivity contribution in [1.29, 1.82) is 0 Å². The number of hydrogen-bond donors (Lipinski definition) is 1. The summed E-state index contributed by atoms with van der Waals surface area (Å²) in [4.78, 5) is 0. The van der Waals surface area contributed by atoms with Crippen molar-refractivity contribution >= 4 is 25.0 Å². The van der Waals surface area contributed by atoms with Crippen LogP contribution in [-0.4, -0.2) is 23.7 Å². The fraction of sp³-hybridized carbons (Fsp3) is 0.625. The first-order valence-electron chi connectivity index (χ1n) is 7.36. The molecule has 2 bridgehead atoms. The van der Waals surface area contributed by atoms with Crippen molar-refractivity contribution in [1.82, 2.24) is 0 Å². The van der Waals surface area contributed by atoms with Crippen LogP contribution in [-0.2, 0) is 5.60 Å². The molecule has 2 unspecified atom stereocenters. The van der Waals surface area contributed by atoms with E-state index in [1.54, 1.807) is 0 Å². The van der Waals surface area contributed by atoms with Crippen LogP contribution >= 0.6 is 11.8 Å². The highest BCUT2D eigenvalue weighted by Crippen LogP contribution is 2.51. The maximum absolute atomic E-state index is 11.0. The van der Waals surface area contributed by atoms with Crippen LogP contribution in [0.25, 0.3) is 0 Å². The topological polar surface area (TPSA) is 20.2 Å². The van der Waals surface area contributed by atoms with Crippen molar-refractivity contribution in [2.75, 3.05) is 0 Å². The molecule has 1 aromatic carbocycles. The molecule has 2 atom stereocenters. The van der Waals surface area contributed by atoms with E-state index in [0.29, 0.717) is 10.5 Å². The Morgan fingerprint density at radius 1 is 1.05 bits per heavy atom. The van der Waals surface area contributed by atoms with Crippen LogP contribution in [0.1, 0.15) is 31.2 Å². The van der Waals surface area contributed by atoms with Gasteiger partial charge in [-0.3, -0.25) is 0 Å². The van der Waals surface area contributed by atoms with Gasteiger partial charge in [0.25, 0.3) is 0 Å². The lowest BCUT2D eigenvalue weighted by Crippen LogP contribution is -2.39. The molecule has 3 rings (SSSR count). The normalized spacial score (nSPS) is 34.5. The zero-order valence-corrected chi connectivity index (χ0v) is 14.0. The minimum atomic E-state index is -1.23. The second-order valence-electron chi connectivity index (χ2n) is 7.22. The third kappa shape index (κ3) is 2.65. The monoisotopic (exact) mass is 292 g/mol. The molecule has 19 heavy (non-hydrogen) atoms. The van der Waals surface area contributed by atoms with Crippen LogP contribution in [0.2, 0.25) is 19.6 Å². The van der Waals surface area contributed by atoms with E-state index in [4.69, 9.17) is 0 Å². The molecule has 0 radical (unpaired) electrons. The van der Waals surface area contributed by atoms with E-state index >= 15 is 0 Å². The summed E-state index contributed by atoms with van der Waals surface area (Å²) in [6.07, 6.45) is 4.48. The van der Waals surface area contributed by atoms with Gasteiger partial charge in [-0.1, -0.05) is 49.1 Å². The molecule has 1 N–H and O–H groups in total. The molecule has 3 heteroatoms. The van der Waals surface area contributed by atoms with E-state index in [1.165, 1.54) is 18.0 Å². The first kappa shape index (κ1) is 13.7. The Morgan fingerprint density at radius 2 is 1.58 bits per heavy atom. The molecule has 1 aromatic rings. The smallest absolute Gasteiger partial charge is 0.0917 e. The predicted octanol–water partition coefficient (Wildman–Crippen LogP) is 3.48. The van der Waals surface area contributed by atoms with Crippen LogP contribution in [0.5, 0.6) is 0 Å². The maximum Gasteiger partial charge on any atom is 0.0917 e. The Kier molecular flexibility index (Phi) is 3.35. The van der Waals surface area contributed by atoms with E-state index in [-0.39, 0.29) is 0 Å². The molecule has 0 saturated carbocycles. The largest absolute Gasteiger partial charge is 0.385 e. The van der Waals surface area contributed by atoms with Crippen molar-refractivity contribution < 1.29 is 5.11 Å². The lowest BCUT2D eigenvalue weighted by molar-refractivity contribution is 0.0196. The van der Waals surface area contributed by atoms with Gasteiger partial charge in [0.15, 0.2) is 0 Å². The van der Waals surface area contributed by atoms with E-state index in [0.717, 1.165) is 18.4 Å². The summed E-state index contributed by atoms with van der Waals surface area (Å²) in [6.45, 7) is 7.11. The number of rotatable bonds is 2. The highest BCUT2D eigenvalue weighted by Gasteiger charge is 2.44. The van der Waals surface area contributed by atoms with Gasteiger partial charge in [-0.2, -0.15) is 11.8 Å². The molecule has 2 aliphatic heterocycles. The molecular weight excluding hydrogens is 268 g/mol. The summed E-state index contributed by atoms with van der Waals surface area (Å²) < 4.78 is 0. The Bertz CT molecular complexity index is 451. The fourth-order valence-corrected chi connectivity index (χ4v) is 6.43. The summed E-state index contributed by atoms with van der Waals surface area (Å²) in [5.74, 6) is 0. The average molecular weight is 293 g/mol. The average Bonchev–Trinajstić information content (AvgIpc) is 2.68. The first-order valence-corrected chi connectivity index (χ1v) is 11.8. The zero-order chi connectivity index (χ0) is 13.7. The number of aliphatic hydroxyl groups is 1. The minimum absolute atomic E-state index is 0.560. The van der Waals surface area contributed by atoms with Gasteiger partial charge in [-0.05, 0) is 31.2 Å². The molecule has 2 saturated heterocycles. The van der Waals surface area contributed by atoms with Crippen molar-refractivity contribution in [3.05, 3.63) is 29.8 Å². The Labute approximate surface area is 121 Å². The first-order chi connectivity index (χ1) is 8.87. The van der Waals surface area contributed by atoms with E-state index in [9.17, 15) is 5.11 Å². The Morgan fingerprint density at radius 3 is 2.05 bits per heavy atom. The molecule has 0 amide bonds. The minimum Gasteiger partial charge on any atom is -0.385 e. The third-order valence-electron chi connectivity index (χ3n) is 4.61. The number of hydrogen-bond acceptors (Lipinski definition) is 2. The van der Waals surface area contributed by atoms with Gasteiger partial charge in [0.2, 0.25) is 0 Å². The van der Waals surface area contributed by atoms with Gasteiger partial charge >= 0.3 is 0 Å². The molecule has 2 heterocycles. The SMILES string of the molecule is C[Si](C)(C)c1ccc(C2(O)CC3CCC(C2)S3)cc1. The second kappa shape index (κ2) is 4.64. The van der Waals surface area contributed by atoms with Crippen LogP contribution in [0, 0.1) is 0 Å². The lowest BCUT2D eigenvalue weighted by atomic mass is 9.86. The fourth-order valence-electron chi connectivity index (χ4n) is 3.43. The van der Waals surface area contributed by atoms with Crippen LogP contribution < -0.4 is 5.19 Å². The van der Waals surface area contributed by atoms with Crippen molar-refractivity contribution in [3.63, 3.8) is 0 Å². The Hall–Kier alpha value is -0.253. The van der Waals surface area contributed by atoms with Gasteiger partial charge in [-0.25, -0.2) is 0 Å². The van der Waals surface area contributed by atoms with Gasteiger partial charge in [-0.15, -0.1) is 0 Å². The molecule has 2 fully saturated rings. The summed E-state index contributed by atoms with van der Waals surface area (Å²) in [6, 6.07) is 8.87. The summed E-state index contributed by atoms with van der Waals surface area (Å²) in [7, 11) is -1.23. The van der Waals surface area contributed by atoms with Crippen LogP contribution in [0.4, 0.5) is 0 Å². The van der Waals surface area contributed by atoms with E-state index in [1.807, 2.05) is 0 Å². The molecule has 104 valence electrons.